The summed E-state index contributed by atoms with van der Waals surface area (Å²) in [7, 11) is 0. The Morgan fingerprint density at radius 1 is 1.37 bits per heavy atom. The van der Waals surface area contributed by atoms with E-state index in [1.807, 2.05) is 11.3 Å². The molecule has 2 unspecified atom stereocenters. The van der Waals surface area contributed by atoms with Gasteiger partial charge in [-0.1, -0.05) is 27.7 Å². The molecule has 2 atom stereocenters. The van der Waals surface area contributed by atoms with Crippen LogP contribution in [-0.4, -0.2) is 18.1 Å². The van der Waals surface area contributed by atoms with Crippen LogP contribution in [0.3, 0.4) is 0 Å². The second-order valence-electron chi connectivity index (χ2n) is 6.31. The van der Waals surface area contributed by atoms with Gasteiger partial charge < -0.3 is 5.32 Å². The van der Waals surface area contributed by atoms with Gasteiger partial charge in [-0.15, -0.1) is 11.3 Å². The summed E-state index contributed by atoms with van der Waals surface area (Å²) in [6.07, 6.45) is 5.09. The third-order valence-electron chi connectivity index (χ3n) is 4.06. The summed E-state index contributed by atoms with van der Waals surface area (Å²) in [6, 6.07) is 0. The van der Waals surface area contributed by atoms with Crippen molar-refractivity contribution in [2.24, 2.45) is 5.92 Å². The van der Waals surface area contributed by atoms with Crippen molar-refractivity contribution in [3.63, 3.8) is 0 Å². The van der Waals surface area contributed by atoms with Gasteiger partial charge in [0, 0.05) is 23.3 Å². The van der Waals surface area contributed by atoms with Crippen LogP contribution in [0.4, 0.5) is 0 Å². The summed E-state index contributed by atoms with van der Waals surface area (Å²) in [5.41, 5.74) is 1.42. The van der Waals surface area contributed by atoms with Crippen LogP contribution in [0.25, 0.3) is 0 Å². The molecule has 1 aromatic heterocycles. The number of aryl methyl sites for hydroxylation is 1. The molecule has 0 fully saturated rings. The maximum atomic E-state index is 4.98. The highest BCUT2D eigenvalue weighted by Crippen LogP contribution is 2.37. The normalized spacial score (nSPS) is 20.6. The summed E-state index contributed by atoms with van der Waals surface area (Å²) < 4.78 is 0. The topological polar surface area (TPSA) is 24.9 Å². The Morgan fingerprint density at radius 3 is 2.84 bits per heavy atom. The smallest absolute Gasteiger partial charge is 0.0959 e. The van der Waals surface area contributed by atoms with Gasteiger partial charge >= 0.3 is 0 Å². The summed E-state index contributed by atoms with van der Waals surface area (Å²) in [5.74, 6) is 2.01. The van der Waals surface area contributed by atoms with E-state index in [1.54, 1.807) is 4.88 Å². The van der Waals surface area contributed by atoms with E-state index < -0.39 is 0 Å². The minimum Gasteiger partial charge on any atom is -0.316 e. The van der Waals surface area contributed by atoms with Crippen LogP contribution in [-0.2, 0) is 6.42 Å². The predicted octanol–water partition coefficient (Wildman–Crippen LogP) is 4.32. The zero-order valence-corrected chi connectivity index (χ0v) is 13.6. The molecule has 1 aliphatic carbocycles. The summed E-state index contributed by atoms with van der Waals surface area (Å²) >= 11 is 1.97. The lowest BCUT2D eigenvalue weighted by Gasteiger charge is -2.22. The molecule has 1 N–H and O–H groups in total. The molecule has 3 heteroatoms. The van der Waals surface area contributed by atoms with Gasteiger partial charge in [0.05, 0.1) is 10.7 Å². The molecule has 108 valence electrons. The largest absolute Gasteiger partial charge is 0.316 e. The molecule has 1 heterocycles. The molecule has 19 heavy (non-hydrogen) atoms. The van der Waals surface area contributed by atoms with Crippen LogP contribution in [0, 0.1) is 5.92 Å². The van der Waals surface area contributed by atoms with Gasteiger partial charge in [0.2, 0.25) is 0 Å². The maximum absolute atomic E-state index is 4.98. The van der Waals surface area contributed by atoms with Crippen molar-refractivity contribution in [2.45, 2.75) is 65.2 Å². The van der Waals surface area contributed by atoms with Crippen molar-refractivity contribution < 1.29 is 0 Å². The standard InChI is InChI=1S/C16H28N2S/c1-5-12(4)16-18-15-13(10-17-9-11(2)3)7-6-8-14(15)19-16/h11-13,17H,5-10H2,1-4H3. The zero-order valence-electron chi connectivity index (χ0n) is 12.8. The molecule has 0 saturated carbocycles. The van der Waals surface area contributed by atoms with Crippen molar-refractivity contribution in [2.75, 3.05) is 13.1 Å². The van der Waals surface area contributed by atoms with E-state index in [2.05, 4.69) is 33.0 Å². The highest BCUT2D eigenvalue weighted by molar-refractivity contribution is 7.11. The van der Waals surface area contributed by atoms with Crippen LogP contribution in [0.2, 0.25) is 0 Å². The highest BCUT2D eigenvalue weighted by atomic mass is 32.1. The Kier molecular flexibility index (Phi) is 5.40. The van der Waals surface area contributed by atoms with Gasteiger partial charge in [-0.2, -0.15) is 0 Å². The number of hydrogen-bond donors (Lipinski definition) is 1. The third-order valence-corrected chi connectivity index (χ3v) is 5.43. The molecule has 1 aromatic rings. The quantitative estimate of drug-likeness (QED) is 0.839. The predicted molar refractivity (Wildman–Crippen MR) is 84.2 cm³/mol. The van der Waals surface area contributed by atoms with Gasteiger partial charge in [-0.25, -0.2) is 4.98 Å². The van der Waals surface area contributed by atoms with Gasteiger partial charge in [0.15, 0.2) is 0 Å². The fourth-order valence-corrected chi connectivity index (χ4v) is 3.98. The fourth-order valence-electron chi connectivity index (χ4n) is 2.66. The van der Waals surface area contributed by atoms with E-state index in [4.69, 9.17) is 4.98 Å². The number of aromatic nitrogens is 1. The van der Waals surface area contributed by atoms with Gasteiger partial charge in [0.25, 0.3) is 0 Å². The molecule has 0 bridgehead atoms. The maximum Gasteiger partial charge on any atom is 0.0959 e. The van der Waals surface area contributed by atoms with Crippen molar-refractivity contribution in [1.29, 1.82) is 0 Å². The van der Waals surface area contributed by atoms with Gasteiger partial charge in [-0.05, 0) is 38.1 Å². The number of nitrogens with one attached hydrogen (secondary N) is 1. The molecule has 2 rings (SSSR count). The van der Waals surface area contributed by atoms with Crippen molar-refractivity contribution in [3.8, 4) is 0 Å². The third kappa shape index (κ3) is 3.79. The first-order valence-corrected chi connectivity index (χ1v) is 8.63. The minimum absolute atomic E-state index is 0.625. The molecule has 0 saturated heterocycles. The monoisotopic (exact) mass is 280 g/mol. The van der Waals surface area contributed by atoms with Crippen LogP contribution in [0.15, 0.2) is 0 Å². The van der Waals surface area contributed by atoms with Crippen LogP contribution in [0.5, 0.6) is 0 Å². The first-order chi connectivity index (χ1) is 9.11. The van der Waals surface area contributed by atoms with E-state index in [0.717, 1.165) is 19.0 Å². The average molecular weight is 280 g/mol. The minimum atomic E-state index is 0.625. The second-order valence-corrected chi connectivity index (χ2v) is 7.43. The average Bonchev–Trinajstić information content (AvgIpc) is 2.82. The van der Waals surface area contributed by atoms with E-state index in [0.29, 0.717) is 11.8 Å². The first-order valence-electron chi connectivity index (χ1n) is 7.82. The van der Waals surface area contributed by atoms with Gasteiger partial charge in [-0.3, -0.25) is 0 Å². The Hall–Kier alpha value is -0.410. The molecule has 0 radical (unpaired) electrons. The van der Waals surface area contributed by atoms with Crippen molar-refractivity contribution in [3.05, 3.63) is 15.6 Å². The van der Waals surface area contributed by atoms with Crippen molar-refractivity contribution in [1.82, 2.24) is 10.3 Å². The Morgan fingerprint density at radius 2 is 2.16 bits per heavy atom. The fraction of sp³-hybridized carbons (Fsp3) is 0.812. The van der Waals surface area contributed by atoms with E-state index in [9.17, 15) is 0 Å². The van der Waals surface area contributed by atoms with Crippen LogP contribution >= 0.6 is 11.3 Å². The molecule has 0 spiro atoms. The van der Waals surface area contributed by atoms with E-state index >= 15 is 0 Å². The highest BCUT2D eigenvalue weighted by Gasteiger charge is 2.25. The molecule has 0 aliphatic heterocycles. The van der Waals surface area contributed by atoms with E-state index in [1.165, 1.54) is 36.4 Å². The Bertz CT molecular complexity index is 397. The second kappa shape index (κ2) is 6.85. The Balaban J connectivity index is 2.04. The molecule has 0 amide bonds. The van der Waals surface area contributed by atoms with Crippen molar-refractivity contribution >= 4 is 11.3 Å². The number of fused-ring (bicyclic) bond motifs is 1. The molecule has 1 aliphatic rings. The first kappa shape index (κ1) is 15.0. The Labute approximate surface area is 122 Å². The SMILES string of the molecule is CCC(C)c1nc2c(s1)CCCC2CNCC(C)C. The zero-order chi connectivity index (χ0) is 13.8. The molecular formula is C16H28N2S. The summed E-state index contributed by atoms with van der Waals surface area (Å²) in [6.45, 7) is 11.3. The molecule has 0 aromatic carbocycles. The number of nitrogens with zero attached hydrogens (tertiary/aromatic N) is 1. The summed E-state index contributed by atoms with van der Waals surface area (Å²) in [4.78, 5) is 6.55. The summed E-state index contributed by atoms with van der Waals surface area (Å²) in [5, 5.41) is 4.98. The lowest BCUT2D eigenvalue weighted by atomic mass is 9.91. The lowest BCUT2D eigenvalue weighted by molar-refractivity contribution is 0.472. The van der Waals surface area contributed by atoms with Crippen LogP contribution < -0.4 is 5.32 Å². The van der Waals surface area contributed by atoms with Crippen LogP contribution in [0.1, 0.15) is 74.4 Å². The molecular weight excluding hydrogens is 252 g/mol. The number of thiazole rings is 1. The number of rotatable bonds is 6. The van der Waals surface area contributed by atoms with E-state index in [-0.39, 0.29) is 0 Å². The van der Waals surface area contributed by atoms with Gasteiger partial charge in [0.1, 0.15) is 0 Å². The number of hydrogen-bond acceptors (Lipinski definition) is 3. The lowest BCUT2D eigenvalue weighted by Crippen LogP contribution is -2.27. The molecule has 2 nitrogen and oxygen atoms in total.